The third-order valence-electron chi connectivity index (χ3n) is 6.30. The molecule has 2 aromatic carbocycles. The first-order valence-corrected chi connectivity index (χ1v) is 10.7. The van der Waals surface area contributed by atoms with Crippen molar-refractivity contribution in [3.05, 3.63) is 65.0 Å². The van der Waals surface area contributed by atoms with Gasteiger partial charge in [-0.05, 0) is 6.07 Å². The van der Waals surface area contributed by atoms with Gasteiger partial charge in [0.05, 0.1) is 36.3 Å². The van der Waals surface area contributed by atoms with Crippen LogP contribution >= 0.6 is 0 Å². The average molecular weight is 432 g/mol. The van der Waals surface area contributed by atoms with E-state index in [1.54, 1.807) is 22.9 Å². The molecule has 2 atom stereocenters. The summed E-state index contributed by atoms with van der Waals surface area (Å²) in [5.74, 6) is -0.623. The third kappa shape index (κ3) is 3.56. The molecule has 1 aromatic heterocycles. The summed E-state index contributed by atoms with van der Waals surface area (Å²) in [6, 6.07) is 16.7. The van der Waals surface area contributed by atoms with Crippen LogP contribution in [0.25, 0.3) is 22.0 Å². The Hall–Kier alpha value is -3.52. The monoisotopic (exact) mass is 432 g/mol. The first kappa shape index (κ1) is 20.4. The predicted molar refractivity (Wildman–Crippen MR) is 119 cm³/mol. The number of aromatic nitrogens is 2. The average Bonchev–Trinajstić information content (AvgIpc) is 3.00. The third-order valence-corrected chi connectivity index (χ3v) is 6.30. The Morgan fingerprint density at radius 2 is 1.72 bits per heavy atom. The molecule has 164 valence electrons. The van der Waals surface area contributed by atoms with Crippen LogP contribution in [-0.4, -0.2) is 70.8 Å². The normalized spacial score (nSPS) is 21.0. The highest BCUT2D eigenvalue weighted by molar-refractivity contribution is 5.94. The number of nitrogens with zero attached hydrogens (tertiary/aromatic N) is 4. The Morgan fingerprint density at radius 1 is 1.00 bits per heavy atom. The number of likely N-dealkylation sites (N-methyl/N-ethyl adjacent to an activating group) is 1. The van der Waals surface area contributed by atoms with Crippen molar-refractivity contribution in [1.82, 2.24) is 19.6 Å². The summed E-state index contributed by atoms with van der Waals surface area (Å²) < 4.78 is 6.86. The van der Waals surface area contributed by atoms with Crippen molar-refractivity contribution in [3.63, 3.8) is 0 Å². The minimum absolute atomic E-state index is 0.00448. The minimum Gasteiger partial charge on any atom is -0.378 e. The van der Waals surface area contributed by atoms with Gasteiger partial charge in [-0.1, -0.05) is 48.5 Å². The van der Waals surface area contributed by atoms with E-state index in [0.29, 0.717) is 30.8 Å². The van der Waals surface area contributed by atoms with Crippen molar-refractivity contribution >= 4 is 22.6 Å². The van der Waals surface area contributed by atoms with Crippen LogP contribution < -0.4 is 5.56 Å². The van der Waals surface area contributed by atoms with Crippen molar-refractivity contribution in [2.75, 3.05) is 33.4 Å². The van der Waals surface area contributed by atoms with Crippen molar-refractivity contribution in [2.24, 2.45) is 5.92 Å². The molecule has 5 rings (SSSR count). The van der Waals surface area contributed by atoms with E-state index in [1.807, 2.05) is 48.5 Å². The second-order valence-electron chi connectivity index (χ2n) is 8.36. The molecule has 32 heavy (non-hydrogen) atoms. The van der Waals surface area contributed by atoms with Gasteiger partial charge in [-0.2, -0.15) is 5.10 Å². The van der Waals surface area contributed by atoms with E-state index in [0.717, 1.165) is 10.9 Å². The second kappa shape index (κ2) is 8.20. The second-order valence-corrected chi connectivity index (χ2v) is 8.36. The van der Waals surface area contributed by atoms with E-state index in [-0.39, 0.29) is 36.5 Å². The lowest BCUT2D eigenvalue weighted by atomic mass is 10.1. The maximum atomic E-state index is 13.3. The lowest BCUT2D eigenvalue weighted by Gasteiger charge is -2.29. The Bertz CT molecular complexity index is 1240. The molecule has 0 radical (unpaired) electrons. The number of carbonyl (C=O) groups is 2. The number of rotatable bonds is 3. The summed E-state index contributed by atoms with van der Waals surface area (Å²) in [6.45, 7) is 1.18. The molecule has 2 fully saturated rings. The van der Waals surface area contributed by atoms with Crippen molar-refractivity contribution in [1.29, 1.82) is 0 Å². The van der Waals surface area contributed by atoms with Gasteiger partial charge in [-0.25, -0.2) is 4.68 Å². The summed E-state index contributed by atoms with van der Waals surface area (Å²) in [4.78, 5) is 42.3. The fourth-order valence-electron chi connectivity index (χ4n) is 4.48. The zero-order chi connectivity index (χ0) is 22.2. The number of fused-ring (bicyclic) bond motifs is 4. The van der Waals surface area contributed by atoms with Crippen LogP contribution in [0.4, 0.5) is 0 Å². The first-order chi connectivity index (χ1) is 15.5. The zero-order valence-corrected chi connectivity index (χ0v) is 17.8. The maximum Gasteiger partial charge on any atom is 0.275 e. The van der Waals surface area contributed by atoms with Crippen LogP contribution in [0.1, 0.15) is 0 Å². The van der Waals surface area contributed by atoms with Crippen LogP contribution in [-0.2, 0) is 20.9 Å². The number of ether oxygens (including phenoxy) is 1. The van der Waals surface area contributed by atoms with Crippen molar-refractivity contribution < 1.29 is 14.3 Å². The van der Waals surface area contributed by atoms with Gasteiger partial charge in [-0.15, -0.1) is 0 Å². The van der Waals surface area contributed by atoms with Crippen LogP contribution in [0.3, 0.4) is 0 Å². The fourth-order valence-corrected chi connectivity index (χ4v) is 4.48. The van der Waals surface area contributed by atoms with Gasteiger partial charge < -0.3 is 14.5 Å². The number of hydrogen-bond acceptors (Lipinski definition) is 5. The highest BCUT2D eigenvalue weighted by atomic mass is 16.5. The summed E-state index contributed by atoms with van der Waals surface area (Å²) in [7, 11) is 1.75. The molecule has 2 amide bonds. The van der Waals surface area contributed by atoms with E-state index in [1.165, 1.54) is 4.68 Å². The Kier molecular flexibility index (Phi) is 5.22. The summed E-state index contributed by atoms with van der Waals surface area (Å²) in [6.07, 6.45) is 0. The lowest BCUT2D eigenvalue weighted by Crippen LogP contribution is -2.46. The van der Waals surface area contributed by atoms with Crippen molar-refractivity contribution in [2.45, 2.75) is 12.6 Å². The van der Waals surface area contributed by atoms with E-state index >= 15 is 0 Å². The smallest absolute Gasteiger partial charge is 0.275 e. The minimum atomic E-state index is -0.391. The summed E-state index contributed by atoms with van der Waals surface area (Å²) in [5, 5.41) is 5.86. The standard InChI is InChI=1S/C24H24N4O4/c1-26-18-12-27(11-17(23(26)30)14-32-15-18)21(29)13-28-24(31)20-10-6-5-9-19(20)22(25-28)16-7-3-2-4-8-16/h2-10,17-18H,11-15H2,1H3/t17-,18+/m1/s1. The van der Waals surface area contributed by atoms with Gasteiger partial charge in [0.15, 0.2) is 0 Å². The molecule has 3 aromatic rings. The number of amides is 2. The molecule has 0 unspecified atom stereocenters. The van der Waals surface area contributed by atoms with Crippen LogP contribution in [0.2, 0.25) is 0 Å². The molecule has 8 heteroatoms. The Balaban J connectivity index is 1.50. The van der Waals surface area contributed by atoms with Gasteiger partial charge in [0.25, 0.3) is 5.56 Å². The van der Waals surface area contributed by atoms with Gasteiger partial charge in [0, 0.05) is 31.1 Å². The molecule has 0 aliphatic carbocycles. The molecule has 2 aliphatic rings. The van der Waals surface area contributed by atoms with Crippen LogP contribution in [0, 0.1) is 5.92 Å². The number of hydrogen-bond donors (Lipinski definition) is 0. The van der Waals surface area contributed by atoms with Gasteiger partial charge in [-0.3, -0.25) is 14.4 Å². The predicted octanol–water partition coefficient (Wildman–Crippen LogP) is 1.38. The molecule has 0 saturated carbocycles. The SMILES string of the molecule is CN1C(=O)[C@H]2COC[C@@H]1CN(C(=O)Cn1nc(-c3ccccc3)c3ccccc3c1=O)C2. The number of benzene rings is 2. The molecular formula is C24H24N4O4. The van der Waals surface area contributed by atoms with Crippen LogP contribution in [0.5, 0.6) is 0 Å². The molecular weight excluding hydrogens is 408 g/mol. The molecule has 2 saturated heterocycles. The van der Waals surface area contributed by atoms with Gasteiger partial charge in [0.1, 0.15) is 6.54 Å². The summed E-state index contributed by atoms with van der Waals surface area (Å²) in [5.41, 5.74) is 1.23. The van der Waals surface area contributed by atoms with E-state index in [9.17, 15) is 14.4 Å². The molecule has 2 bridgehead atoms. The highest BCUT2D eigenvalue weighted by Gasteiger charge is 2.38. The Labute approximate surface area is 185 Å². The van der Waals surface area contributed by atoms with Crippen LogP contribution in [0.15, 0.2) is 59.4 Å². The largest absolute Gasteiger partial charge is 0.378 e. The molecule has 2 aliphatic heterocycles. The molecule has 8 nitrogen and oxygen atoms in total. The van der Waals surface area contributed by atoms with E-state index in [4.69, 9.17) is 4.74 Å². The molecule has 3 heterocycles. The van der Waals surface area contributed by atoms with E-state index < -0.39 is 5.92 Å². The van der Waals surface area contributed by atoms with E-state index in [2.05, 4.69) is 5.10 Å². The highest BCUT2D eigenvalue weighted by Crippen LogP contribution is 2.24. The maximum absolute atomic E-state index is 13.3. The fraction of sp³-hybridized carbons (Fsp3) is 0.333. The van der Waals surface area contributed by atoms with Gasteiger partial charge in [0.2, 0.25) is 11.8 Å². The topological polar surface area (TPSA) is 84.7 Å². The first-order valence-electron chi connectivity index (χ1n) is 10.7. The summed E-state index contributed by atoms with van der Waals surface area (Å²) >= 11 is 0. The van der Waals surface area contributed by atoms with Crippen molar-refractivity contribution in [3.8, 4) is 11.3 Å². The molecule has 0 spiro atoms. The lowest BCUT2D eigenvalue weighted by molar-refractivity contribution is -0.135. The Morgan fingerprint density at radius 3 is 2.50 bits per heavy atom. The van der Waals surface area contributed by atoms with Gasteiger partial charge >= 0.3 is 0 Å². The number of carbonyl (C=O) groups excluding carboxylic acids is 2. The quantitative estimate of drug-likeness (QED) is 0.624. The zero-order valence-electron chi connectivity index (χ0n) is 17.8. The molecule has 0 N–H and O–H groups in total.